The van der Waals surface area contributed by atoms with E-state index in [4.69, 9.17) is 0 Å². The van der Waals surface area contributed by atoms with Crippen LogP contribution in [0.3, 0.4) is 0 Å². The second-order valence-electron chi connectivity index (χ2n) is 7.63. The van der Waals surface area contributed by atoms with E-state index in [0.717, 1.165) is 62.0 Å². The van der Waals surface area contributed by atoms with Crippen LogP contribution in [0.4, 0.5) is 0 Å². The Labute approximate surface area is 153 Å². The molecule has 132 valence electrons. The maximum absolute atomic E-state index is 13.4. The summed E-state index contributed by atoms with van der Waals surface area (Å²) in [6.45, 7) is 2.72. The molecule has 1 aliphatic carbocycles. The van der Waals surface area contributed by atoms with Gasteiger partial charge in [0.2, 0.25) is 0 Å². The van der Waals surface area contributed by atoms with E-state index >= 15 is 0 Å². The van der Waals surface area contributed by atoms with Gasteiger partial charge in [-0.1, -0.05) is 30.3 Å². The molecule has 0 bridgehead atoms. The zero-order valence-electron chi connectivity index (χ0n) is 14.9. The van der Waals surface area contributed by atoms with E-state index in [-0.39, 0.29) is 5.92 Å². The van der Waals surface area contributed by atoms with Gasteiger partial charge < -0.3 is 0 Å². The predicted octanol–water partition coefficient (Wildman–Crippen LogP) is 3.76. The average molecular weight is 345 g/mol. The van der Waals surface area contributed by atoms with E-state index in [1.54, 1.807) is 6.20 Å². The maximum Gasteiger partial charge on any atom is 0.167 e. The molecule has 2 heterocycles. The molecule has 1 fully saturated rings. The van der Waals surface area contributed by atoms with Gasteiger partial charge in [-0.05, 0) is 60.2 Å². The van der Waals surface area contributed by atoms with Crippen LogP contribution in [0.2, 0.25) is 0 Å². The minimum atomic E-state index is 0.0881. The van der Waals surface area contributed by atoms with Gasteiger partial charge in [-0.25, -0.2) is 0 Å². The number of Topliss-reactive ketones (excluding diaryl/α,β-unsaturated/α-hetero) is 1. The summed E-state index contributed by atoms with van der Waals surface area (Å²) in [6, 6.07) is 12.7. The third kappa shape index (κ3) is 2.65. The van der Waals surface area contributed by atoms with Crippen molar-refractivity contribution in [2.75, 3.05) is 13.1 Å². The normalized spacial score (nSPS) is 19.9. The highest BCUT2D eigenvalue weighted by Crippen LogP contribution is 2.34. The molecule has 1 aromatic heterocycles. The molecule has 1 aliphatic heterocycles. The fraction of sp³-hybridized carbons (Fsp3) is 0.364. The van der Waals surface area contributed by atoms with Crippen LogP contribution in [-0.4, -0.2) is 34.0 Å². The lowest BCUT2D eigenvalue weighted by molar-refractivity contribution is 0.0812. The minimum Gasteiger partial charge on any atom is -0.297 e. The van der Waals surface area contributed by atoms with Gasteiger partial charge in [-0.3, -0.25) is 14.8 Å². The highest BCUT2D eigenvalue weighted by Gasteiger charge is 2.28. The van der Waals surface area contributed by atoms with Crippen LogP contribution >= 0.6 is 0 Å². The van der Waals surface area contributed by atoms with Crippen molar-refractivity contribution in [2.45, 2.75) is 32.2 Å². The molecule has 0 spiro atoms. The number of aromatic amines is 1. The molecular weight excluding hydrogens is 322 g/mol. The topological polar surface area (TPSA) is 49.0 Å². The van der Waals surface area contributed by atoms with Gasteiger partial charge in [-0.2, -0.15) is 5.10 Å². The number of ketones is 1. The highest BCUT2D eigenvalue weighted by molar-refractivity contribution is 6.11. The van der Waals surface area contributed by atoms with Crippen molar-refractivity contribution in [2.24, 2.45) is 5.92 Å². The van der Waals surface area contributed by atoms with E-state index in [1.165, 1.54) is 16.5 Å². The van der Waals surface area contributed by atoms with Crippen LogP contribution in [0.1, 0.15) is 40.0 Å². The van der Waals surface area contributed by atoms with Crippen LogP contribution in [0, 0.1) is 5.92 Å². The van der Waals surface area contributed by atoms with Gasteiger partial charge >= 0.3 is 0 Å². The minimum absolute atomic E-state index is 0.0881. The van der Waals surface area contributed by atoms with Crippen molar-refractivity contribution in [3.63, 3.8) is 0 Å². The van der Waals surface area contributed by atoms with E-state index in [0.29, 0.717) is 5.78 Å². The van der Waals surface area contributed by atoms with Crippen LogP contribution < -0.4 is 0 Å². The van der Waals surface area contributed by atoms with Crippen LogP contribution in [-0.2, 0) is 19.4 Å². The summed E-state index contributed by atoms with van der Waals surface area (Å²) in [5.41, 5.74) is 4.83. The molecule has 0 amide bonds. The number of carbonyl (C=O) groups is 1. The zero-order chi connectivity index (χ0) is 17.5. The van der Waals surface area contributed by atoms with E-state index in [1.807, 2.05) is 6.07 Å². The predicted molar refractivity (Wildman–Crippen MR) is 102 cm³/mol. The largest absolute Gasteiger partial charge is 0.297 e. The molecule has 5 rings (SSSR count). The summed E-state index contributed by atoms with van der Waals surface area (Å²) < 4.78 is 0. The molecule has 1 N–H and O–H groups in total. The summed E-state index contributed by atoms with van der Waals surface area (Å²) in [4.78, 5) is 15.7. The van der Waals surface area contributed by atoms with Gasteiger partial charge in [0.1, 0.15) is 0 Å². The standard InChI is InChI=1S/C22H23N3O/c26-22(17-4-2-12-25(13-17)14-18-10-11-23-24-18)20-9-8-16-7-6-15-3-1-5-19(20)21(15)16/h1,3,5,8-11,17H,2,4,6-7,12-14H2,(H,23,24)/t17-/m0/s1. The first-order valence-corrected chi connectivity index (χ1v) is 9.58. The first-order chi connectivity index (χ1) is 12.8. The number of aryl methyl sites for hydroxylation is 2. The van der Waals surface area contributed by atoms with Gasteiger partial charge in [0.25, 0.3) is 0 Å². The molecular formula is C22H23N3O. The van der Waals surface area contributed by atoms with E-state index in [9.17, 15) is 4.79 Å². The van der Waals surface area contributed by atoms with Crippen molar-refractivity contribution in [1.29, 1.82) is 0 Å². The van der Waals surface area contributed by atoms with E-state index in [2.05, 4.69) is 45.4 Å². The second-order valence-corrected chi connectivity index (χ2v) is 7.63. The Kier molecular flexibility index (Phi) is 3.86. The van der Waals surface area contributed by atoms with Gasteiger partial charge in [0, 0.05) is 36.5 Å². The number of aromatic nitrogens is 2. The quantitative estimate of drug-likeness (QED) is 0.733. The molecule has 26 heavy (non-hydrogen) atoms. The highest BCUT2D eigenvalue weighted by atomic mass is 16.1. The van der Waals surface area contributed by atoms with Crippen molar-refractivity contribution < 1.29 is 4.79 Å². The Hall–Kier alpha value is -2.46. The molecule has 0 saturated carbocycles. The fourth-order valence-electron chi connectivity index (χ4n) is 4.71. The lowest BCUT2D eigenvalue weighted by atomic mass is 9.87. The monoisotopic (exact) mass is 345 g/mol. The average Bonchev–Trinajstić information content (AvgIpc) is 3.33. The molecule has 1 saturated heterocycles. The third-order valence-corrected chi connectivity index (χ3v) is 5.97. The number of hydrogen-bond donors (Lipinski definition) is 1. The lowest BCUT2D eigenvalue weighted by Crippen LogP contribution is -2.38. The van der Waals surface area contributed by atoms with Gasteiger partial charge in [0.15, 0.2) is 5.78 Å². The molecule has 4 nitrogen and oxygen atoms in total. The number of rotatable bonds is 4. The number of benzene rings is 2. The summed E-state index contributed by atoms with van der Waals surface area (Å²) in [6.07, 6.45) is 6.05. The third-order valence-electron chi connectivity index (χ3n) is 5.97. The summed E-state index contributed by atoms with van der Waals surface area (Å²) in [7, 11) is 0. The number of carbonyl (C=O) groups excluding carboxylic acids is 1. The fourth-order valence-corrected chi connectivity index (χ4v) is 4.71. The second kappa shape index (κ2) is 6.36. The van der Waals surface area contributed by atoms with Crippen molar-refractivity contribution in [1.82, 2.24) is 15.1 Å². The molecule has 0 radical (unpaired) electrons. The summed E-state index contributed by atoms with van der Waals surface area (Å²) in [5.74, 6) is 0.403. The molecule has 2 aromatic carbocycles. The zero-order valence-corrected chi connectivity index (χ0v) is 14.9. The first-order valence-electron chi connectivity index (χ1n) is 9.58. The van der Waals surface area contributed by atoms with Crippen molar-refractivity contribution in [3.8, 4) is 0 Å². The Bertz CT molecular complexity index is 951. The summed E-state index contributed by atoms with van der Waals surface area (Å²) >= 11 is 0. The number of nitrogens with one attached hydrogen (secondary N) is 1. The van der Waals surface area contributed by atoms with Crippen LogP contribution in [0.5, 0.6) is 0 Å². The number of likely N-dealkylation sites (tertiary alicyclic amines) is 1. The maximum atomic E-state index is 13.4. The van der Waals surface area contributed by atoms with Crippen molar-refractivity contribution in [3.05, 3.63) is 65.0 Å². The lowest BCUT2D eigenvalue weighted by Gasteiger charge is -2.31. The number of nitrogens with zero attached hydrogens (tertiary/aromatic N) is 2. The Morgan fingerprint density at radius 1 is 1.15 bits per heavy atom. The molecule has 2 aliphatic rings. The smallest absolute Gasteiger partial charge is 0.167 e. The molecule has 1 atom stereocenters. The SMILES string of the molecule is O=C(c1ccc2c3c(cccc13)CC2)[C@H]1CCCN(Cc2ccn[nH]2)C1. The Morgan fingerprint density at radius 2 is 2.04 bits per heavy atom. The molecule has 4 heteroatoms. The number of hydrogen-bond acceptors (Lipinski definition) is 3. The molecule has 3 aromatic rings. The number of H-pyrrole nitrogens is 1. The molecule has 0 unspecified atom stereocenters. The van der Waals surface area contributed by atoms with Gasteiger partial charge in [0.05, 0.1) is 0 Å². The number of piperidine rings is 1. The Morgan fingerprint density at radius 3 is 2.88 bits per heavy atom. The van der Waals surface area contributed by atoms with E-state index < -0.39 is 0 Å². The van der Waals surface area contributed by atoms with Crippen LogP contribution in [0.25, 0.3) is 10.8 Å². The first kappa shape index (κ1) is 15.8. The Balaban J connectivity index is 1.42. The van der Waals surface area contributed by atoms with Gasteiger partial charge in [-0.15, -0.1) is 0 Å². The van der Waals surface area contributed by atoms with Crippen molar-refractivity contribution >= 4 is 16.6 Å². The van der Waals surface area contributed by atoms with Crippen LogP contribution in [0.15, 0.2) is 42.6 Å². The summed E-state index contributed by atoms with van der Waals surface area (Å²) in [5, 5.41) is 9.55.